The van der Waals surface area contributed by atoms with Crippen LogP contribution in [-0.4, -0.2) is 30.7 Å². The zero-order valence-corrected chi connectivity index (χ0v) is 16.8. The van der Waals surface area contributed by atoms with Crippen molar-refractivity contribution in [2.75, 3.05) is 5.75 Å². The summed E-state index contributed by atoms with van der Waals surface area (Å²) in [6, 6.07) is 13.4. The van der Waals surface area contributed by atoms with E-state index in [1.165, 1.54) is 11.8 Å². The van der Waals surface area contributed by atoms with Crippen molar-refractivity contribution in [3.05, 3.63) is 63.9 Å². The van der Waals surface area contributed by atoms with E-state index in [9.17, 15) is 9.59 Å². The van der Waals surface area contributed by atoms with Crippen molar-refractivity contribution in [2.24, 2.45) is 0 Å². The fourth-order valence-corrected chi connectivity index (χ4v) is 4.19. The number of thioether (sulfide) groups is 1. The van der Waals surface area contributed by atoms with Crippen molar-refractivity contribution in [3.8, 4) is 5.69 Å². The Morgan fingerprint density at radius 2 is 1.89 bits per heavy atom. The van der Waals surface area contributed by atoms with Crippen LogP contribution in [0.2, 0.25) is 0 Å². The first kappa shape index (κ1) is 18.4. The van der Waals surface area contributed by atoms with Gasteiger partial charge in [-0.1, -0.05) is 48.5 Å². The number of fused-ring (bicyclic) bond motifs is 3. The maximum atomic E-state index is 13.3. The molecule has 2 aromatic heterocycles. The Kier molecular flexibility index (Phi) is 4.77. The predicted octanol–water partition coefficient (Wildman–Crippen LogP) is 3.72. The second-order valence-corrected chi connectivity index (χ2v) is 7.69. The zero-order valence-electron chi connectivity index (χ0n) is 16.0. The maximum Gasteiger partial charge on any atom is 0.267 e. The molecule has 4 aromatic rings. The largest absolute Gasteiger partial charge is 0.299 e. The molecule has 0 saturated carbocycles. The standard InChI is InChI=1S/C21H20N4O2S/c1-4-15(26)12-28-21-23-22-20-24(17-10-9-13(2)11-14(17)3)19(27)16-7-5-6-8-18(16)25(20)21/h5-11H,4,12H2,1-3H3. The van der Waals surface area contributed by atoms with Crippen LogP contribution in [-0.2, 0) is 4.79 Å². The molecule has 2 heterocycles. The lowest BCUT2D eigenvalue weighted by molar-refractivity contribution is -0.116. The lowest BCUT2D eigenvalue weighted by atomic mass is 10.1. The van der Waals surface area contributed by atoms with E-state index in [2.05, 4.69) is 10.2 Å². The average Bonchev–Trinajstić information content (AvgIpc) is 3.11. The summed E-state index contributed by atoms with van der Waals surface area (Å²) >= 11 is 1.34. The summed E-state index contributed by atoms with van der Waals surface area (Å²) in [5, 5.41) is 9.79. The number of benzene rings is 2. The van der Waals surface area contributed by atoms with E-state index in [1.54, 1.807) is 4.57 Å². The third-order valence-electron chi connectivity index (χ3n) is 4.74. The SMILES string of the molecule is CCC(=O)CSc1nnc2n(-c3ccc(C)cc3C)c(=O)c3ccccc3n12. The fourth-order valence-electron chi connectivity index (χ4n) is 3.29. The van der Waals surface area contributed by atoms with E-state index >= 15 is 0 Å². The first-order chi connectivity index (χ1) is 13.5. The number of Topliss-reactive ketones (excluding diaryl/α,β-unsaturated/α-hetero) is 1. The molecule has 28 heavy (non-hydrogen) atoms. The van der Waals surface area contributed by atoms with Crippen LogP contribution in [0.15, 0.2) is 52.4 Å². The third-order valence-corrected chi connectivity index (χ3v) is 5.73. The average molecular weight is 392 g/mol. The van der Waals surface area contributed by atoms with Gasteiger partial charge in [-0.2, -0.15) is 0 Å². The van der Waals surface area contributed by atoms with Gasteiger partial charge in [0.25, 0.3) is 5.56 Å². The topological polar surface area (TPSA) is 69.3 Å². The van der Waals surface area contributed by atoms with Gasteiger partial charge < -0.3 is 0 Å². The number of rotatable bonds is 5. The fraction of sp³-hybridized carbons (Fsp3) is 0.238. The van der Waals surface area contributed by atoms with Crippen LogP contribution in [0.3, 0.4) is 0 Å². The number of aromatic nitrogens is 4. The molecule has 0 aliphatic rings. The molecule has 7 heteroatoms. The van der Waals surface area contributed by atoms with Crippen molar-refractivity contribution in [2.45, 2.75) is 32.3 Å². The van der Waals surface area contributed by atoms with Gasteiger partial charge in [0.1, 0.15) is 5.78 Å². The van der Waals surface area contributed by atoms with E-state index in [-0.39, 0.29) is 11.3 Å². The van der Waals surface area contributed by atoms with Gasteiger partial charge in [-0.15, -0.1) is 10.2 Å². The summed E-state index contributed by atoms with van der Waals surface area (Å²) in [5.74, 6) is 0.921. The summed E-state index contributed by atoms with van der Waals surface area (Å²) in [6.45, 7) is 5.84. The van der Waals surface area contributed by atoms with Crippen LogP contribution in [0.1, 0.15) is 24.5 Å². The van der Waals surface area contributed by atoms with E-state index in [0.717, 1.165) is 22.3 Å². The number of carbonyl (C=O) groups excluding carboxylic acids is 1. The van der Waals surface area contributed by atoms with Gasteiger partial charge in [0.05, 0.1) is 22.3 Å². The molecule has 0 aliphatic heterocycles. The van der Waals surface area contributed by atoms with Crippen molar-refractivity contribution in [3.63, 3.8) is 0 Å². The Morgan fingerprint density at radius 1 is 1.11 bits per heavy atom. The highest BCUT2D eigenvalue weighted by Crippen LogP contribution is 2.24. The number of hydrogen-bond acceptors (Lipinski definition) is 5. The van der Waals surface area contributed by atoms with E-state index in [0.29, 0.717) is 28.5 Å². The van der Waals surface area contributed by atoms with Crippen LogP contribution < -0.4 is 5.56 Å². The van der Waals surface area contributed by atoms with Gasteiger partial charge in [-0.3, -0.25) is 14.0 Å². The van der Waals surface area contributed by atoms with Gasteiger partial charge in [0, 0.05) is 6.42 Å². The Morgan fingerprint density at radius 3 is 2.64 bits per heavy atom. The first-order valence-electron chi connectivity index (χ1n) is 9.12. The second-order valence-electron chi connectivity index (χ2n) is 6.75. The summed E-state index contributed by atoms with van der Waals surface area (Å²) < 4.78 is 3.47. The normalized spacial score (nSPS) is 11.4. The third kappa shape index (κ3) is 3.01. The van der Waals surface area contributed by atoms with Crippen molar-refractivity contribution in [1.82, 2.24) is 19.2 Å². The Bertz CT molecular complexity index is 1270. The van der Waals surface area contributed by atoms with Crippen LogP contribution in [0.25, 0.3) is 22.4 Å². The summed E-state index contributed by atoms with van der Waals surface area (Å²) in [7, 11) is 0. The zero-order chi connectivity index (χ0) is 19.8. The molecule has 0 fully saturated rings. The number of para-hydroxylation sites is 1. The molecule has 0 radical (unpaired) electrons. The smallest absolute Gasteiger partial charge is 0.267 e. The Hall–Kier alpha value is -2.93. The predicted molar refractivity (Wildman–Crippen MR) is 112 cm³/mol. The van der Waals surface area contributed by atoms with Gasteiger partial charge in [-0.25, -0.2) is 4.57 Å². The second kappa shape index (κ2) is 7.24. The summed E-state index contributed by atoms with van der Waals surface area (Å²) in [4.78, 5) is 25.1. The van der Waals surface area contributed by atoms with Crippen molar-refractivity contribution < 1.29 is 4.79 Å². The maximum absolute atomic E-state index is 13.3. The molecule has 142 valence electrons. The first-order valence-corrected chi connectivity index (χ1v) is 10.1. The van der Waals surface area contributed by atoms with E-state index in [4.69, 9.17) is 0 Å². The molecule has 0 unspecified atom stereocenters. The summed E-state index contributed by atoms with van der Waals surface area (Å²) in [5.41, 5.74) is 3.49. The molecule has 0 saturated heterocycles. The molecule has 0 amide bonds. The lowest BCUT2D eigenvalue weighted by Crippen LogP contribution is -2.22. The Labute approximate surface area is 166 Å². The minimum atomic E-state index is -0.136. The quantitative estimate of drug-likeness (QED) is 0.484. The van der Waals surface area contributed by atoms with E-state index in [1.807, 2.05) is 67.6 Å². The van der Waals surface area contributed by atoms with Gasteiger partial charge >= 0.3 is 0 Å². The molecular weight excluding hydrogens is 372 g/mol. The highest BCUT2D eigenvalue weighted by Gasteiger charge is 2.19. The summed E-state index contributed by atoms with van der Waals surface area (Å²) in [6.07, 6.45) is 0.484. The van der Waals surface area contributed by atoms with Crippen LogP contribution in [0, 0.1) is 13.8 Å². The molecule has 0 bridgehead atoms. The van der Waals surface area contributed by atoms with Crippen LogP contribution in [0.5, 0.6) is 0 Å². The number of hydrogen-bond donors (Lipinski definition) is 0. The molecule has 0 atom stereocenters. The number of ketones is 1. The molecular formula is C21H20N4O2S. The molecule has 4 rings (SSSR count). The minimum Gasteiger partial charge on any atom is -0.299 e. The molecule has 0 N–H and O–H groups in total. The van der Waals surface area contributed by atoms with Gasteiger partial charge in [0.2, 0.25) is 5.78 Å². The lowest BCUT2D eigenvalue weighted by Gasteiger charge is -2.13. The highest BCUT2D eigenvalue weighted by molar-refractivity contribution is 7.99. The molecule has 0 aliphatic carbocycles. The Balaban J connectivity index is 2.05. The highest BCUT2D eigenvalue weighted by atomic mass is 32.2. The van der Waals surface area contributed by atoms with Crippen molar-refractivity contribution >= 4 is 34.2 Å². The van der Waals surface area contributed by atoms with Crippen LogP contribution >= 0.6 is 11.8 Å². The van der Waals surface area contributed by atoms with Gasteiger partial charge in [-0.05, 0) is 37.6 Å². The molecule has 2 aromatic carbocycles. The van der Waals surface area contributed by atoms with Crippen molar-refractivity contribution in [1.29, 1.82) is 0 Å². The minimum absolute atomic E-state index is 0.136. The number of nitrogens with zero attached hydrogens (tertiary/aromatic N) is 4. The van der Waals surface area contributed by atoms with Crippen LogP contribution in [0.4, 0.5) is 0 Å². The number of aryl methyl sites for hydroxylation is 2. The monoisotopic (exact) mass is 392 g/mol. The number of carbonyl (C=O) groups is 1. The molecule has 6 nitrogen and oxygen atoms in total. The van der Waals surface area contributed by atoms with E-state index < -0.39 is 0 Å². The molecule has 0 spiro atoms. The van der Waals surface area contributed by atoms with Gasteiger partial charge in [0.15, 0.2) is 5.16 Å².